The van der Waals surface area contributed by atoms with E-state index >= 15 is 0 Å². The molecule has 3 unspecified atom stereocenters. The monoisotopic (exact) mass is 701 g/mol. The molecule has 1 heterocycles. The van der Waals surface area contributed by atoms with Gasteiger partial charge >= 0.3 is 6.36 Å². The van der Waals surface area contributed by atoms with Gasteiger partial charge in [0.2, 0.25) is 0 Å². The molecule has 4 aromatic carbocycles. The first-order chi connectivity index (χ1) is 23.8. The van der Waals surface area contributed by atoms with Crippen LogP contribution in [0.3, 0.4) is 0 Å². The van der Waals surface area contributed by atoms with Gasteiger partial charge in [0.05, 0.1) is 11.4 Å². The SMILES string of the molecule is CC1C=c2ccc3c(c2C(C)C1S(=O)(=O)O)C(=O)C(c1ccc(OCc2ccc(OC(F)(F)F)cc2)cc1)=c1ccccc1=3.c1cnncn1. The van der Waals surface area contributed by atoms with Gasteiger partial charge in [-0.1, -0.05) is 80.6 Å². The fourth-order valence-electron chi connectivity index (χ4n) is 6.61. The van der Waals surface area contributed by atoms with Crippen LogP contribution in [0.25, 0.3) is 11.6 Å². The number of ketones is 1. The molecule has 0 amide bonds. The van der Waals surface area contributed by atoms with Crippen LogP contribution in [0.15, 0.2) is 104 Å². The van der Waals surface area contributed by atoms with Gasteiger partial charge in [-0.2, -0.15) is 13.5 Å². The third-order valence-electron chi connectivity index (χ3n) is 8.58. The first-order valence-electron chi connectivity index (χ1n) is 15.5. The Hall–Kier alpha value is -5.40. The highest BCUT2D eigenvalue weighted by Gasteiger charge is 2.40. The zero-order valence-electron chi connectivity index (χ0n) is 26.7. The quantitative estimate of drug-likeness (QED) is 0.228. The Morgan fingerprint density at radius 3 is 2.08 bits per heavy atom. The number of fused-ring (bicyclic) bond motifs is 4. The lowest BCUT2D eigenvalue weighted by molar-refractivity contribution is -0.274. The Labute approximate surface area is 284 Å². The Balaban J connectivity index is 0.000000652. The van der Waals surface area contributed by atoms with Gasteiger partial charge in [0, 0.05) is 23.3 Å². The van der Waals surface area contributed by atoms with Crippen LogP contribution in [0, 0.1) is 16.4 Å². The van der Waals surface area contributed by atoms with Gasteiger partial charge in [-0.3, -0.25) is 9.35 Å². The number of rotatable bonds is 6. The lowest BCUT2D eigenvalue weighted by atomic mass is 9.77. The Morgan fingerprint density at radius 2 is 1.50 bits per heavy atom. The van der Waals surface area contributed by atoms with E-state index in [9.17, 15) is 30.9 Å². The van der Waals surface area contributed by atoms with Crippen molar-refractivity contribution < 1.29 is 40.4 Å². The topological polar surface area (TPSA) is 129 Å². The molecule has 7 rings (SSSR count). The van der Waals surface area contributed by atoms with Crippen LogP contribution in [0.1, 0.15) is 46.8 Å². The standard InChI is InChI=1S/C34H27F3O6S.C3H3N3/c1-19-17-23-11-16-28-26-5-3-4-6-27(26)30(32(38)31(28)29(23)20(2)33(19)44(39,40)41)22-9-14-24(15-10-22)42-18-21-7-12-25(13-8-21)43-34(35,36)37;1-2-5-6-3-4-1/h3-17,19-20,33H,18H2,1-2H3,(H,39,40,41);1-3H. The number of Topliss-reactive ketones (excluding diaryl/α,β-unsaturated/α-hetero) is 1. The van der Waals surface area contributed by atoms with Gasteiger partial charge in [-0.15, -0.1) is 18.3 Å². The zero-order chi connectivity index (χ0) is 35.6. The van der Waals surface area contributed by atoms with E-state index in [-0.39, 0.29) is 18.1 Å². The highest BCUT2D eigenvalue weighted by Crippen LogP contribution is 2.36. The fourth-order valence-corrected chi connectivity index (χ4v) is 7.89. The van der Waals surface area contributed by atoms with Gasteiger partial charge in [-0.05, 0) is 67.7 Å². The van der Waals surface area contributed by atoms with Crippen molar-refractivity contribution in [3.05, 3.63) is 147 Å². The van der Waals surface area contributed by atoms with Gasteiger partial charge < -0.3 is 9.47 Å². The van der Waals surface area contributed by atoms with Gasteiger partial charge in [0.1, 0.15) is 24.4 Å². The molecule has 9 nitrogen and oxygen atoms in total. The van der Waals surface area contributed by atoms with E-state index in [1.165, 1.54) is 36.8 Å². The van der Waals surface area contributed by atoms with Crippen molar-refractivity contribution in [2.75, 3.05) is 0 Å². The molecule has 2 aliphatic rings. The second-order valence-corrected chi connectivity index (χ2v) is 13.4. The van der Waals surface area contributed by atoms with Gasteiger partial charge in [0.15, 0.2) is 5.78 Å². The second-order valence-electron chi connectivity index (χ2n) is 11.8. The average Bonchev–Trinajstić information content (AvgIpc) is 3.08. The number of hydrogen-bond acceptors (Lipinski definition) is 8. The lowest BCUT2D eigenvalue weighted by Gasteiger charge is -2.32. The first-order valence-corrected chi connectivity index (χ1v) is 17.0. The van der Waals surface area contributed by atoms with Crippen molar-refractivity contribution in [2.45, 2.75) is 38.0 Å². The van der Waals surface area contributed by atoms with E-state index in [1.54, 1.807) is 50.4 Å². The fraction of sp³-hybridized carbons (Fsp3) is 0.189. The Kier molecular flexibility index (Phi) is 9.54. The summed E-state index contributed by atoms with van der Waals surface area (Å²) in [5.74, 6) is -1.14. The van der Waals surface area contributed by atoms with Crippen molar-refractivity contribution in [1.29, 1.82) is 0 Å². The third-order valence-corrected chi connectivity index (χ3v) is 10.1. The molecular weight excluding hydrogens is 671 g/mol. The maximum Gasteiger partial charge on any atom is 0.573 e. The van der Waals surface area contributed by atoms with Gasteiger partial charge in [-0.25, -0.2) is 4.98 Å². The molecule has 0 bridgehead atoms. The minimum Gasteiger partial charge on any atom is -0.489 e. The van der Waals surface area contributed by atoms with Crippen molar-refractivity contribution in [2.24, 2.45) is 5.92 Å². The van der Waals surface area contributed by atoms with Crippen LogP contribution in [-0.2, 0) is 16.7 Å². The number of alkyl halides is 3. The molecule has 0 aliphatic heterocycles. The van der Waals surface area contributed by atoms with Crippen molar-refractivity contribution in [3.8, 4) is 11.5 Å². The van der Waals surface area contributed by atoms with Crippen LogP contribution in [0.4, 0.5) is 13.2 Å². The maximum absolute atomic E-state index is 14.4. The molecule has 50 heavy (non-hydrogen) atoms. The predicted molar refractivity (Wildman–Crippen MR) is 178 cm³/mol. The summed E-state index contributed by atoms with van der Waals surface area (Å²) in [4.78, 5) is 18.0. The van der Waals surface area contributed by atoms with Crippen LogP contribution < -0.4 is 19.9 Å². The van der Waals surface area contributed by atoms with E-state index in [2.05, 4.69) is 19.9 Å². The number of nitrogens with zero attached hydrogens (tertiary/aromatic N) is 3. The van der Waals surface area contributed by atoms with Crippen LogP contribution in [-0.4, -0.2) is 45.5 Å². The Morgan fingerprint density at radius 1 is 0.820 bits per heavy atom. The molecule has 3 atom stereocenters. The number of carbonyl (C=O) groups excluding carboxylic acids is 1. The smallest absolute Gasteiger partial charge is 0.489 e. The van der Waals surface area contributed by atoms with Crippen LogP contribution >= 0.6 is 0 Å². The van der Waals surface area contributed by atoms with E-state index in [1.807, 2.05) is 36.4 Å². The predicted octanol–water partition coefficient (Wildman–Crippen LogP) is 5.51. The summed E-state index contributed by atoms with van der Waals surface area (Å²) in [6, 6.07) is 23.7. The van der Waals surface area contributed by atoms with Crippen molar-refractivity contribution >= 4 is 27.6 Å². The molecule has 1 N–H and O–H groups in total. The summed E-state index contributed by atoms with van der Waals surface area (Å²) in [6.45, 7) is 3.58. The third kappa shape index (κ3) is 7.28. The first kappa shape index (κ1) is 34.5. The van der Waals surface area contributed by atoms with E-state index in [4.69, 9.17) is 4.74 Å². The molecule has 13 heteroatoms. The molecular formula is C37H30F3N3O6S. The number of aromatic nitrogens is 3. The molecule has 256 valence electrons. The summed E-state index contributed by atoms with van der Waals surface area (Å²) < 4.78 is 81.8. The van der Waals surface area contributed by atoms with E-state index in [0.29, 0.717) is 38.8 Å². The largest absolute Gasteiger partial charge is 0.573 e. The molecule has 1 aromatic heterocycles. The minimum atomic E-state index is -4.77. The minimum absolute atomic E-state index is 0.102. The van der Waals surface area contributed by atoms with Crippen LogP contribution in [0.2, 0.25) is 0 Å². The average molecular weight is 702 g/mol. The number of hydrogen-bond donors (Lipinski definition) is 1. The van der Waals surface area contributed by atoms with Crippen molar-refractivity contribution in [3.63, 3.8) is 0 Å². The lowest BCUT2D eigenvalue weighted by Crippen LogP contribution is -2.40. The zero-order valence-corrected chi connectivity index (χ0v) is 27.5. The van der Waals surface area contributed by atoms with Crippen LogP contribution in [0.5, 0.6) is 11.5 Å². The van der Waals surface area contributed by atoms with Gasteiger partial charge in [0.25, 0.3) is 10.1 Å². The molecule has 5 aromatic rings. The molecule has 0 saturated carbocycles. The molecule has 0 spiro atoms. The number of halogens is 3. The van der Waals surface area contributed by atoms with Crippen molar-refractivity contribution in [1.82, 2.24) is 15.2 Å². The number of ether oxygens (including phenoxy) is 2. The summed E-state index contributed by atoms with van der Waals surface area (Å²) >= 11 is 0. The molecule has 2 aliphatic carbocycles. The number of benzene rings is 4. The summed E-state index contributed by atoms with van der Waals surface area (Å²) in [7, 11) is -4.39. The highest BCUT2D eigenvalue weighted by atomic mass is 32.2. The summed E-state index contributed by atoms with van der Waals surface area (Å²) in [6.07, 6.45) is 1.52. The number of carbonyl (C=O) groups is 1. The normalized spacial score (nSPS) is 18.0. The van der Waals surface area contributed by atoms with E-state index in [0.717, 1.165) is 15.7 Å². The molecule has 0 fully saturated rings. The highest BCUT2D eigenvalue weighted by molar-refractivity contribution is 7.86. The summed E-state index contributed by atoms with van der Waals surface area (Å²) in [5.41, 5.74) is 2.77. The maximum atomic E-state index is 14.4. The molecule has 0 saturated heterocycles. The second kappa shape index (κ2) is 13.8. The molecule has 0 radical (unpaired) electrons. The van der Waals surface area contributed by atoms with E-state index < -0.39 is 33.6 Å². The summed E-state index contributed by atoms with van der Waals surface area (Å²) in [5, 5.41) is 8.88. The Bertz CT molecular complexity index is 2350.